The van der Waals surface area contributed by atoms with E-state index in [4.69, 9.17) is 0 Å². The Labute approximate surface area is 64.4 Å². The number of rotatable bonds is 6. The number of hydrogen-bond acceptors (Lipinski definition) is 2. The smallest absolute Gasteiger partial charge is 0.264 e. The first-order valence-corrected chi connectivity index (χ1v) is 4.25. The lowest BCUT2D eigenvalue weighted by atomic mass is 10.0. The highest BCUT2D eigenvalue weighted by Gasteiger charge is 1.84. The topological polar surface area (TPSA) is 24.7 Å². The molecule has 0 unspecified atom stereocenters. The molecule has 58 valence electrons. The Morgan fingerprint density at radius 1 is 1.20 bits per heavy atom. The van der Waals surface area contributed by atoms with Crippen molar-refractivity contribution in [3.05, 3.63) is 0 Å². The van der Waals surface area contributed by atoms with Gasteiger partial charge < -0.3 is 0 Å². The summed E-state index contributed by atoms with van der Waals surface area (Å²) >= 11 is 0. The summed E-state index contributed by atoms with van der Waals surface area (Å²) in [6.07, 6.45) is 5.14. The molecule has 0 atom stereocenters. The highest BCUT2D eigenvalue weighted by atomic mass is 15.0. The van der Waals surface area contributed by atoms with Crippen LogP contribution in [-0.2, 0) is 0 Å². The summed E-state index contributed by atoms with van der Waals surface area (Å²) in [6.45, 7) is 5.15. The minimum Gasteiger partial charge on any atom is -0.264 e. The Kier molecular flexibility index (Phi) is 8.37. The van der Waals surface area contributed by atoms with Gasteiger partial charge in [-0.2, -0.15) is 0 Å². The zero-order valence-electron chi connectivity index (χ0n) is 7.14. The fraction of sp³-hybridized carbons (Fsp3) is 1.00. The largest absolute Gasteiger partial charge is 0.287 e. The highest BCUT2D eigenvalue weighted by Crippen LogP contribution is 1.98. The van der Waals surface area contributed by atoms with Crippen molar-refractivity contribution in [2.75, 3.05) is 6.54 Å². The van der Waals surface area contributed by atoms with Crippen molar-refractivity contribution < 1.29 is 0 Å². The number of unbranched alkanes of at least 4 members (excludes halogenated alkanes) is 3. The van der Waals surface area contributed by atoms with Gasteiger partial charge in [-0.15, -0.1) is 0 Å². The second-order valence-corrected chi connectivity index (χ2v) is 2.38. The predicted octanol–water partition coefficient (Wildman–Crippen LogP) is 2.42. The van der Waals surface area contributed by atoms with Crippen molar-refractivity contribution in [1.29, 1.82) is 0 Å². The zero-order valence-corrected chi connectivity index (χ0v) is 7.14. The molecule has 0 aliphatic carbocycles. The van der Waals surface area contributed by atoms with Crippen LogP contribution >= 0.6 is 0 Å². The van der Waals surface area contributed by atoms with E-state index in [2.05, 4.69) is 17.1 Å². The van der Waals surface area contributed by atoms with Crippen LogP contribution in [0.5, 0.6) is 0 Å². The van der Waals surface area contributed by atoms with Gasteiger partial charge in [0.2, 0.25) is 0 Å². The van der Waals surface area contributed by atoms with E-state index < -0.39 is 0 Å². The van der Waals surface area contributed by atoms with Gasteiger partial charge in [0.05, 0.1) is 6.54 Å². The molecule has 0 radical (unpaired) electrons. The fourth-order valence-electron chi connectivity index (χ4n) is 0.780. The molecule has 0 aromatic heterocycles. The summed E-state index contributed by atoms with van der Waals surface area (Å²) in [5, 5.41) is 7.88. The standard InChI is InChI=1S/C7H17BN2/c1-3-4-5-6-7-9-10-8-2/h8H,3-7H2,1-2H3. The maximum absolute atomic E-state index is 3.99. The monoisotopic (exact) mass is 140 g/mol. The molecule has 0 aliphatic heterocycles. The molecule has 0 rings (SSSR count). The minimum atomic E-state index is 0.827. The lowest BCUT2D eigenvalue weighted by Crippen LogP contribution is -1.81. The van der Waals surface area contributed by atoms with Gasteiger partial charge in [0.25, 0.3) is 7.41 Å². The summed E-state index contributed by atoms with van der Waals surface area (Å²) in [6, 6.07) is 0. The third-order valence-electron chi connectivity index (χ3n) is 1.35. The molecule has 0 aromatic carbocycles. The first-order chi connectivity index (χ1) is 4.91. The molecular weight excluding hydrogens is 123 g/mol. The van der Waals surface area contributed by atoms with Crippen molar-refractivity contribution in [2.45, 2.75) is 39.4 Å². The van der Waals surface area contributed by atoms with Crippen LogP contribution in [0.3, 0.4) is 0 Å². The predicted molar refractivity (Wildman–Crippen MR) is 46.9 cm³/mol. The molecule has 0 saturated carbocycles. The second kappa shape index (κ2) is 8.66. The van der Waals surface area contributed by atoms with Gasteiger partial charge in [-0.3, -0.25) is 5.03 Å². The molecule has 2 nitrogen and oxygen atoms in total. The van der Waals surface area contributed by atoms with Crippen molar-refractivity contribution in [3.63, 3.8) is 0 Å². The van der Waals surface area contributed by atoms with Gasteiger partial charge in [-0.25, -0.2) is 5.11 Å². The molecule has 0 saturated heterocycles. The average molecular weight is 140 g/mol. The van der Waals surface area contributed by atoms with Gasteiger partial charge >= 0.3 is 0 Å². The molecule has 0 aromatic rings. The number of nitrogens with zero attached hydrogens (tertiary/aromatic N) is 2. The molecule has 0 fully saturated rings. The van der Waals surface area contributed by atoms with E-state index in [1.54, 1.807) is 0 Å². The molecular formula is C7H17BN2. The first-order valence-electron chi connectivity index (χ1n) is 4.25. The third kappa shape index (κ3) is 7.66. The first kappa shape index (κ1) is 9.66. The molecule has 0 bridgehead atoms. The van der Waals surface area contributed by atoms with Crippen LogP contribution in [0.2, 0.25) is 6.82 Å². The van der Waals surface area contributed by atoms with Gasteiger partial charge in [-0.05, 0) is 6.42 Å². The lowest BCUT2D eigenvalue weighted by molar-refractivity contribution is 0.668. The molecule has 0 amide bonds. The summed E-state index contributed by atoms with van der Waals surface area (Å²) in [4.78, 5) is 0. The van der Waals surface area contributed by atoms with Crippen molar-refractivity contribution in [3.8, 4) is 0 Å². The van der Waals surface area contributed by atoms with Gasteiger partial charge in [-0.1, -0.05) is 33.0 Å². The van der Waals surface area contributed by atoms with Crippen LogP contribution in [0.4, 0.5) is 0 Å². The van der Waals surface area contributed by atoms with Crippen LogP contribution in [0.15, 0.2) is 10.1 Å². The Bertz CT molecular complexity index is 83.7. The second-order valence-electron chi connectivity index (χ2n) is 2.38. The molecule has 0 N–H and O–H groups in total. The van der Waals surface area contributed by atoms with Crippen LogP contribution in [0.25, 0.3) is 0 Å². The van der Waals surface area contributed by atoms with Gasteiger partial charge in [0.15, 0.2) is 0 Å². The Hall–Kier alpha value is -0.335. The van der Waals surface area contributed by atoms with Crippen LogP contribution in [0.1, 0.15) is 32.6 Å². The van der Waals surface area contributed by atoms with E-state index in [1.807, 2.05) is 6.82 Å². The lowest BCUT2D eigenvalue weighted by Gasteiger charge is -1.92. The van der Waals surface area contributed by atoms with E-state index in [1.165, 1.54) is 25.7 Å². The Balaban J connectivity index is 2.83. The van der Waals surface area contributed by atoms with Crippen molar-refractivity contribution >= 4 is 7.41 Å². The van der Waals surface area contributed by atoms with E-state index in [9.17, 15) is 0 Å². The molecule has 10 heavy (non-hydrogen) atoms. The summed E-state index contributed by atoms with van der Waals surface area (Å²) in [7, 11) is 0.827. The average Bonchev–Trinajstić information content (AvgIpc) is 1.97. The number of hydrogen-bond donors (Lipinski definition) is 0. The van der Waals surface area contributed by atoms with Crippen LogP contribution in [-0.4, -0.2) is 14.0 Å². The van der Waals surface area contributed by atoms with E-state index >= 15 is 0 Å². The fourth-order valence-corrected chi connectivity index (χ4v) is 0.780. The van der Waals surface area contributed by atoms with E-state index in [-0.39, 0.29) is 0 Å². The van der Waals surface area contributed by atoms with Gasteiger partial charge in [0, 0.05) is 0 Å². The van der Waals surface area contributed by atoms with Crippen molar-refractivity contribution in [2.24, 2.45) is 10.1 Å². The zero-order chi connectivity index (χ0) is 7.66. The third-order valence-corrected chi connectivity index (χ3v) is 1.35. The Morgan fingerprint density at radius 3 is 2.60 bits per heavy atom. The molecule has 0 heterocycles. The van der Waals surface area contributed by atoms with Gasteiger partial charge in [0.1, 0.15) is 0 Å². The van der Waals surface area contributed by atoms with Crippen LogP contribution < -0.4 is 0 Å². The summed E-state index contributed by atoms with van der Waals surface area (Å²) in [5.74, 6) is 0. The maximum Gasteiger partial charge on any atom is 0.287 e. The van der Waals surface area contributed by atoms with E-state index in [0.717, 1.165) is 14.0 Å². The normalized spacial score (nSPS) is 10.6. The van der Waals surface area contributed by atoms with Crippen molar-refractivity contribution in [1.82, 2.24) is 0 Å². The quantitative estimate of drug-likeness (QED) is 0.307. The van der Waals surface area contributed by atoms with Crippen LogP contribution in [0, 0.1) is 0 Å². The molecule has 0 aliphatic rings. The Morgan fingerprint density at radius 2 is 2.00 bits per heavy atom. The summed E-state index contributed by atoms with van der Waals surface area (Å²) < 4.78 is 0. The highest BCUT2D eigenvalue weighted by molar-refractivity contribution is 6.30. The maximum atomic E-state index is 3.99. The SMILES string of the molecule is CBN=NCCCCCC. The minimum absolute atomic E-state index is 0.827. The van der Waals surface area contributed by atoms with E-state index in [0.29, 0.717) is 0 Å². The summed E-state index contributed by atoms with van der Waals surface area (Å²) in [5.41, 5.74) is 0. The molecule has 3 heteroatoms. The molecule has 0 spiro atoms.